The van der Waals surface area contributed by atoms with Crippen LogP contribution in [0.15, 0.2) is 12.7 Å². The number of nitrogens with two attached hydrogens (primary N) is 1. The van der Waals surface area contributed by atoms with E-state index in [1.807, 2.05) is 0 Å². The zero-order chi connectivity index (χ0) is 26.0. The minimum atomic E-state index is -1.59. The number of aliphatic hydroxyl groups is 1. The smallest absolute Gasteiger partial charge is 0.331 e. The van der Waals surface area contributed by atoms with E-state index in [1.165, 1.54) is 19.8 Å². The molecule has 5 unspecified atom stereocenters. The van der Waals surface area contributed by atoms with Gasteiger partial charge in [-0.25, -0.2) is 4.79 Å². The van der Waals surface area contributed by atoms with E-state index in [-0.39, 0.29) is 24.2 Å². The van der Waals surface area contributed by atoms with E-state index in [9.17, 15) is 24.3 Å². The highest BCUT2D eigenvalue weighted by atomic mass is 16.6. The van der Waals surface area contributed by atoms with Crippen molar-refractivity contribution in [3.8, 4) is 0 Å². The molecule has 0 rings (SSSR count). The van der Waals surface area contributed by atoms with Gasteiger partial charge in [-0.1, -0.05) is 65.4 Å². The third kappa shape index (κ3) is 12.4. The summed E-state index contributed by atoms with van der Waals surface area (Å²) in [5.41, 5.74) is 4.01. The fourth-order valence-electron chi connectivity index (χ4n) is 4.49. The average molecular weight is 482 g/mol. The standard InChI is InChI=1S/C27H47NO6/c1-5-7-8-11-14-23(19-29)16-17-24(20-30)15-12-9-10-13-21(3)27(26(28)33,18-22(4)31)34-25(32)6-2/h6,19-24,31H,2,5,7-18H2,1,3-4H3,(H2,28,33). The normalized spacial score (nSPS) is 16.5. The second kappa shape index (κ2) is 18.3. The van der Waals surface area contributed by atoms with E-state index in [2.05, 4.69) is 13.5 Å². The number of unbranched alkanes of at least 4 members (excludes halogenated alkanes) is 5. The van der Waals surface area contributed by atoms with Gasteiger partial charge in [-0.3, -0.25) is 4.79 Å². The van der Waals surface area contributed by atoms with Crippen LogP contribution in [0.5, 0.6) is 0 Å². The van der Waals surface area contributed by atoms with Crippen LogP contribution in [-0.4, -0.2) is 41.3 Å². The molecule has 0 aromatic rings. The molecule has 0 saturated heterocycles. The highest BCUT2D eigenvalue weighted by Gasteiger charge is 2.46. The van der Waals surface area contributed by atoms with Crippen molar-refractivity contribution in [2.75, 3.05) is 0 Å². The fourth-order valence-corrected chi connectivity index (χ4v) is 4.49. The summed E-state index contributed by atoms with van der Waals surface area (Å²) in [6, 6.07) is 0. The van der Waals surface area contributed by atoms with Crippen molar-refractivity contribution in [2.45, 2.75) is 116 Å². The first-order chi connectivity index (χ1) is 16.2. The Hall–Kier alpha value is -2.02. The van der Waals surface area contributed by atoms with Gasteiger partial charge in [-0.15, -0.1) is 0 Å². The molecule has 7 nitrogen and oxygen atoms in total. The summed E-state index contributed by atoms with van der Waals surface area (Å²) in [4.78, 5) is 46.9. The number of carbonyl (C=O) groups is 4. The predicted octanol–water partition coefficient (Wildman–Crippen LogP) is 4.68. The van der Waals surface area contributed by atoms with E-state index in [4.69, 9.17) is 10.5 Å². The SMILES string of the molecule is C=CC(=O)OC(CC(C)O)(C(N)=O)C(C)CCCCCC(C=O)CCC(C=O)CCCCCC. The van der Waals surface area contributed by atoms with Gasteiger partial charge < -0.3 is 25.2 Å². The second-order valence-corrected chi connectivity index (χ2v) is 9.69. The molecule has 7 heteroatoms. The first-order valence-electron chi connectivity index (χ1n) is 12.9. The van der Waals surface area contributed by atoms with E-state index < -0.39 is 23.6 Å². The summed E-state index contributed by atoms with van der Waals surface area (Å²) in [6.07, 6.45) is 12.8. The lowest BCUT2D eigenvalue weighted by Gasteiger charge is -2.36. The summed E-state index contributed by atoms with van der Waals surface area (Å²) in [7, 11) is 0. The van der Waals surface area contributed by atoms with Gasteiger partial charge in [-0.05, 0) is 39.0 Å². The third-order valence-corrected chi connectivity index (χ3v) is 6.69. The number of amides is 1. The Kier molecular flexibility index (Phi) is 17.2. The molecule has 196 valence electrons. The Bertz CT molecular complexity index is 620. The van der Waals surface area contributed by atoms with Gasteiger partial charge in [-0.2, -0.15) is 0 Å². The van der Waals surface area contributed by atoms with Crippen LogP contribution >= 0.6 is 0 Å². The summed E-state index contributed by atoms with van der Waals surface area (Å²) in [6.45, 7) is 8.84. The monoisotopic (exact) mass is 481 g/mol. The zero-order valence-corrected chi connectivity index (χ0v) is 21.5. The molecule has 0 fully saturated rings. The molecule has 1 amide bonds. The van der Waals surface area contributed by atoms with Crippen LogP contribution in [0.2, 0.25) is 0 Å². The molecule has 0 aliphatic carbocycles. The predicted molar refractivity (Wildman–Crippen MR) is 134 cm³/mol. The largest absolute Gasteiger partial charge is 0.445 e. The molecule has 0 aliphatic rings. The highest BCUT2D eigenvalue weighted by Crippen LogP contribution is 2.32. The van der Waals surface area contributed by atoms with Gasteiger partial charge in [0.2, 0.25) is 0 Å². The number of aldehydes is 2. The van der Waals surface area contributed by atoms with Crippen molar-refractivity contribution in [3.63, 3.8) is 0 Å². The third-order valence-electron chi connectivity index (χ3n) is 6.69. The van der Waals surface area contributed by atoms with Crippen LogP contribution in [0.3, 0.4) is 0 Å². The minimum absolute atomic E-state index is 0.0364. The molecule has 34 heavy (non-hydrogen) atoms. The van der Waals surface area contributed by atoms with Gasteiger partial charge >= 0.3 is 5.97 Å². The first kappa shape index (κ1) is 32.0. The van der Waals surface area contributed by atoms with Crippen LogP contribution in [-0.2, 0) is 23.9 Å². The molecule has 0 aromatic carbocycles. The number of aliphatic hydroxyl groups excluding tert-OH is 1. The average Bonchev–Trinajstić information content (AvgIpc) is 2.80. The number of hydrogen-bond donors (Lipinski definition) is 2. The van der Waals surface area contributed by atoms with E-state index >= 15 is 0 Å². The van der Waals surface area contributed by atoms with Crippen LogP contribution in [0.4, 0.5) is 0 Å². The Morgan fingerprint density at radius 1 is 0.912 bits per heavy atom. The lowest BCUT2D eigenvalue weighted by atomic mass is 9.80. The maximum atomic E-state index is 12.3. The molecular formula is C27H47NO6. The molecule has 0 heterocycles. The van der Waals surface area contributed by atoms with Gasteiger partial charge in [0.05, 0.1) is 6.10 Å². The number of hydrogen-bond acceptors (Lipinski definition) is 6. The maximum Gasteiger partial charge on any atom is 0.331 e. The van der Waals surface area contributed by atoms with E-state index in [0.717, 1.165) is 76.4 Å². The summed E-state index contributed by atoms with van der Waals surface area (Å²) >= 11 is 0. The summed E-state index contributed by atoms with van der Waals surface area (Å²) < 4.78 is 5.37. The molecule has 0 radical (unpaired) electrons. The number of ether oxygens (including phenoxy) is 1. The highest BCUT2D eigenvalue weighted by molar-refractivity contribution is 5.89. The number of esters is 1. The minimum Gasteiger partial charge on any atom is -0.445 e. The molecule has 5 atom stereocenters. The Balaban J connectivity index is 4.60. The number of primary amides is 1. The molecule has 0 spiro atoms. The molecule has 0 aromatic heterocycles. The molecule has 0 aliphatic heterocycles. The van der Waals surface area contributed by atoms with Gasteiger partial charge in [0.25, 0.3) is 5.91 Å². The topological polar surface area (TPSA) is 124 Å². The van der Waals surface area contributed by atoms with E-state index in [0.29, 0.717) is 6.42 Å². The van der Waals surface area contributed by atoms with E-state index in [1.54, 1.807) is 6.92 Å². The van der Waals surface area contributed by atoms with Crippen molar-refractivity contribution in [3.05, 3.63) is 12.7 Å². The van der Waals surface area contributed by atoms with Crippen molar-refractivity contribution >= 4 is 24.4 Å². The van der Waals surface area contributed by atoms with Crippen molar-refractivity contribution in [1.29, 1.82) is 0 Å². The summed E-state index contributed by atoms with van der Waals surface area (Å²) in [5, 5.41) is 9.87. The molecule has 0 bridgehead atoms. The lowest BCUT2D eigenvalue weighted by Crippen LogP contribution is -2.54. The van der Waals surface area contributed by atoms with Gasteiger partial charge in [0, 0.05) is 30.3 Å². The maximum absolute atomic E-state index is 12.3. The van der Waals surface area contributed by atoms with Crippen LogP contribution < -0.4 is 5.73 Å². The molecule has 0 saturated carbocycles. The molecular weight excluding hydrogens is 434 g/mol. The number of carbonyl (C=O) groups excluding carboxylic acids is 4. The Morgan fingerprint density at radius 3 is 1.82 bits per heavy atom. The Labute approximate surface area is 205 Å². The van der Waals surface area contributed by atoms with Crippen LogP contribution in [0.25, 0.3) is 0 Å². The zero-order valence-electron chi connectivity index (χ0n) is 21.5. The first-order valence-corrected chi connectivity index (χ1v) is 12.9. The number of rotatable bonds is 22. The van der Waals surface area contributed by atoms with Crippen molar-refractivity contribution < 1.29 is 29.0 Å². The van der Waals surface area contributed by atoms with Crippen molar-refractivity contribution in [1.82, 2.24) is 0 Å². The second-order valence-electron chi connectivity index (χ2n) is 9.69. The van der Waals surface area contributed by atoms with Crippen LogP contribution in [0.1, 0.15) is 104 Å². The van der Waals surface area contributed by atoms with Crippen molar-refractivity contribution in [2.24, 2.45) is 23.5 Å². The van der Waals surface area contributed by atoms with Gasteiger partial charge in [0.15, 0.2) is 5.60 Å². The summed E-state index contributed by atoms with van der Waals surface area (Å²) in [5.74, 6) is -1.93. The lowest BCUT2D eigenvalue weighted by molar-refractivity contribution is -0.173. The van der Waals surface area contributed by atoms with Crippen LogP contribution in [0, 0.1) is 17.8 Å². The fraction of sp³-hybridized carbons (Fsp3) is 0.778. The van der Waals surface area contributed by atoms with Gasteiger partial charge in [0.1, 0.15) is 12.6 Å². The quantitative estimate of drug-likeness (QED) is 0.100. The Morgan fingerprint density at radius 2 is 1.41 bits per heavy atom. The molecule has 3 N–H and O–H groups in total.